The lowest BCUT2D eigenvalue weighted by atomic mass is 10.3. The standard InChI is InChI=1S/C10H15NO4S/c1-2-11(16(14,15)7-6-12)9-4-3-5-10(13)8-9/h3-5,8,12-13H,2,6-7H2,1H3. The third-order valence-electron chi connectivity index (χ3n) is 2.09. The van der Waals surface area contributed by atoms with Gasteiger partial charge in [0.15, 0.2) is 0 Å². The fraction of sp³-hybridized carbons (Fsp3) is 0.400. The van der Waals surface area contributed by atoms with Crippen LogP contribution in [0.1, 0.15) is 6.92 Å². The van der Waals surface area contributed by atoms with E-state index in [2.05, 4.69) is 0 Å². The van der Waals surface area contributed by atoms with E-state index < -0.39 is 16.6 Å². The number of aliphatic hydroxyl groups is 1. The molecule has 0 spiro atoms. The Morgan fingerprint density at radius 1 is 1.38 bits per heavy atom. The van der Waals surface area contributed by atoms with Crippen LogP contribution in [-0.4, -0.2) is 37.5 Å². The maximum absolute atomic E-state index is 11.8. The summed E-state index contributed by atoms with van der Waals surface area (Å²) in [6.45, 7) is 1.53. The Bertz CT molecular complexity index is 444. The average molecular weight is 245 g/mol. The van der Waals surface area contributed by atoms with Crippen molar-refractivity contribution in [3.05, 3.63) is 24.3 Å². The van der Waals surface area contributed by atoms with Gasteiger partial charge in [-0.05, 0) is 19.1 Å². The maximum atomic E-state index is 11.8. The highest BCUT2D eigenvalue weighted by Gasteiger charge is 2.20. The van der Waals surface area contributed by atoms with Crippen molar-refractivity contribution in [2.24, 2.45) is 0 Å². The molecule has 16 heavy (non-hydrogen) atoms. The van der Waals surface area contributed by atoms with Gasteiger partial charge in [-0.1, -0.05) is 6.07 Å². The van der Waals surface area contributed by atoms with Crippen molar-refractivity contribution in [1.29, 1.82) is 0 Å². The Hall–Kier alpha value is -1.27. The number of hydrogen-bond acceptors (Lipinski definition) is 4. The Labute approximate surface area is 95.0 Å². The number of nitrogens with zero attached hydrogens (tertiary/aromatic N) is 1. The minimum absolute atomic E-state index is 0.00940. The predicted octanol–water partition coefficient (Wildman–Crippen LogP) is 0.541. The summed E-state index contributed by atoms with van der Waals surface area (Å²) in [5, 5.41) is 18.0. The predicted molar refractivity (Wildman–Crippen MR) is 62.0 cm³/mol. The van der Waals surface area contributed by atoms with E-state index in [1.807, 2.05) is 0 Å². The van der Waals surface area contributed by atoms with Gasteiger partial charge >= 0.3 is 0 Å². The SMILES string of the molecule is CCN(c1cccc(O)c1)S(=O)(=O)CCO. The quantitative estimate of drug-likeness (QED) is 0.793. The smallest absolute Gasteiger partial charge is 0.237 e. The monoisotopic (exact) mass is 245 g/mol. The number of hydrogen-bond donors (Lipinski definition) is 2. The molecule has 5 nitrogen and oxygen atoms in total. The van der Waals surface area contributed by atoms with E-state index in [1.165, 1.54) is 12.1 Å². The van der Waals surface area contributed by atoms with Crippen molar-refractivity contribution < 1.29 is 18.6 Å². The van der Waals surface area contributed by atoms with Crippen LogP contribution >= 0.6 is 0 Å². The van der Waals surface area contributed by atoms with Gasteiger partial charge in [-0.25, -0.2) is 8.42 Å². The van der Waals surface area contributed by atoms with Gasteiger partial charge in [-0.3, -0.25) is 4.31 Å². The molecule has 1 aromatic carbocycles. The topological polar surface area (TPSA) is 77.8 Å². The number of benzene rings is 1. The van der Waals surface area contributed by atoms with Crippen LogP contribution in [0.5, 0.6) is 5.75 Å². The molecular weight excluding hydrogens is 230 g/mol. The van der Waals surface area contributed by atoms with Crippen LogP contribution in [0.25, 0.3) is 0 Å². The normalized spacial score (nSPS) is 11.4. The average Bonchev–Trinajstić information content (AvgIpc) is 2.18. The molecule has 0 aromatic heterocycles. The fourth-order valence-corrected chi connectivity index (χ4v) is 2.69. The molecule has 0 aliphatic rings. The minimum atomic E-state index is -3.52. The first-order valence-electron chi connectivity index (χ1n) is 4.91. The van der Waals surface area contributed by atoms with E-state index in [-0.39, 0.29) is 18.0 Å². The Morgan fingerprint density at radius 3 is 2.56 bits per heavy atom. The van der Waals surface area contributed by atoms with Crippen LogP contribution in [0.3, 0.4) is 0 Å². The lowest BCUT2D eigenvalue weighted by Gasteiger charge is -2.22. The molecule has 0 aliphatic carbocycles. The molecule has 90 valence electrons. The van der Waals surface area contributed by atoms with Crippen LogP contribution in [0, 0.1) is 0 Å². The maximum Gasteiger partial charge on any atom is 0.237 e. The molecule has 6 heteroatoms. The molecule has 0 atom stereocenters. The fourth-order valence-electron chi connectivity index (χ4n) is 1.41. The number of rotatable bonds is 5. The van der Waals surface area contributed by atoms with Crippen LogP contribution in [0.4, 0.5) is 5.69 Å². The summed E-state index contributed by atoms with van der Waals surface area (Å²) in [4.78, 5) is 0. The number of anilines is 1. The molecule has 0 fully saturated rings. The molecule has 0 amide bonds. The second-order valence-corrected chi connectivity index (χ2v) is 5.24. The zero-order chi connectivity index (χ0) is 12.2. The van der Waals surface area contributed by atoms with Crippen molar-refractivity contribution in [3.63, 3.8) is 0 Å². The van der Waals surface area contributed by atoms with Gasteiger partial charge in [0.05, 0.1) is 18.0 Å². The van der Waals surface area contributed by atoms with E-state index >= 15 is 0 Å². The van der Waals surface area contributed by atoms with E-state index in [0.29, 0.717) is 5.69 Å². The van der Waals surface area contributed by atoms with Gasteiger partial charge in [0.1, 0.15) is 5.75 Å². The van der Waals surface area contributed by atoms with Crippen molar-refractivity contribution in [1.82, 2.24) is 0 Å². The number of phenols is 1. The van der Waals surface area contributed by atoms with Crippen LogP contribution in [0.15, 0.2) is 24.3 Å². The van der Waals surface area contributed by atoms with Crippen molar-refractivity contribution in [2.45, 2.75) is 6.92 Å². The largest absolute Gasteiger partial charge is 0.508 e. The summed E-state index contributed by atoms with van der Waals surface area (Å²) in [7, 11) is -3.52. The third-order valence-corrected chi connectivity index (χ3v) is 3.93. The molecule has 2 N–H and O–H groups in total. The molecule has 0 saturated heterocycles. The van der Waals surface area contributed by atoms with E-state index in [1.54, 1.807) is 19.1 Å². The van der Waals surface area contributed by atoms with Gasteiger partial charge in [0.25, 0.3) is 0 Å². The van der Waals surface area contributed by atoms with Crippen LogP contribution in [-0.2, 0) is 10.0 Å². The molecule has 0 saturated carbocycles. The molecule has 1 aromatic rings. The summed E-state index contributed by atoms with van der Waals surface area (Å²) in [5.41, 5.74) is 0.399. The lowest BCUT2D eigenvalue weighted by molar-refractivity contribution is 0.319. The Morgan fingerprint density at radius 2 is 2.06 bits per heavy atom. The molecule has 0 aliphatic heterocycles. The van der Waals surface area contributed by atoms with Gasteiger partial charge < -0.3 is 10.2 Å². The van der Waals surface area contributed by atoms with Crippen molar-refractivity contribution >= 4 is 15.7 Å². The molecule has 0 heterocycles. The zero-order valence-corrected chi connectivity index (χ0v) is 9.81. The van der Waals surface area contributed by atoms with E-state index in [4.69, 9.17) is 5.11 Å². The second-order valence-electron chi connectivity index (χ2n) is 3.22. The molecule has 0 bridgehead atoms. The Kier molecular flexibility index (Phi) is 4.14. The highest BCUT2D eigenvalue weighted by atomic mass is 32.2. The molecule has 1 rings (SSSR count). The minimum Gasteiger partial charge on any atom is -0.508 e. The van der Waals surface area contributed by atoms with Gasteiger partial charge in [0.2, 0.25) is 10.0 Å². The zero-order valence-electron chi connectivity index (χ0n) is 9.00. The molecule has 0 radical (unpaired) electrons. The van der Waals surface area contributed by atoms with Gasteiger partial charge in [0, 0.05) is 12.6 Å². The summed E-state index contributed by atoms with van der Waals surface area (Å²) < 4.78 is 24.7. The summed E-state index contributed by atoms with van der Waals surface area (Å²) in [5.74, 6) is -0.314. The van der Waals surface area contributed by atoms with E-state index in [9.17, 15) is 13.5 Å². The second kappa shape index (κ2) is 5.18. The first-order valence-corrected chi connectivity index (χ1v) is 6.52. The number of phenolic OH excluding ortho intramolecular Hbond substituents is 1. The highest BCUT2D eigenvalue weighted by Crippen LogP contribution is 2.22. The highest BCUT2D eigenvalue weighted by molar-refractivity contribution is 7.92. The van der Waals surface area contributed by atoms with Gasteiger partial charge in [-0.15, -0.1) is 0 Å². The van der Waals surface area contributed by atoms with Crippen molar-refractivity contribution in [3.8, 4) is 5.75 Å². The number of aliphatic hydroxyl groups excluding tert-OH is 1. The third kappa shape index (κ3) is 2.86. The number of sulfonamides is 1. The lowest BCUT2D eigenvalue weighted by Crippen LogP contribution is -2.33. The summed E-state index contributed by atoms with van der Waals surface area (Å²) >= 11 is 0. The molecular formula is C10H15NO4S. The number of aromatic hydroxyl groups is 1. The van der Waals surface area contributed by atoms with E-state index in [0.717, 1.165) is 4.31 Å². The summed E-state index contributed by atoms with van der Waals surface area (Å²) in [6, 6.07) is 6.01. The summed E-state index contributed by atoms with van der Waals surface area (Å²) in [6.07, 6.45) is 0. The Balaban J connectivity index is 3.08. The van der Waals surface area contributed by atoms with Crippen LogP contribution < -0.4 is 4.31 Å². The van der Waals surface area contributed by atoms with Crippen molar-refractivity contribution in [2.75, 3.05) is 23.2 Å². The van der Waals surface area contributed by atoms with Crippen LogP contribution in [0.2, 0.25) is 0 Å². The first-order chi connectivity index (χ1) is 7.51. The first kappa shape index (κ1) is 12.8. The molecule has 0 unspecified atom stereocenters. The van der Waals surface area contributed by atoms with Gasteiger partial charge in [-0.2, -0.15) is 0 Å².